The van der Waals surface area contributed by atoms with Gasteiger partial charge in [0.05, 0.1) is 0 Å². The second-order valence-electron chi connectivity index (χ2n) is 7.35. The molecule has 4 rings (SSSR count). The zero-order valence-corrected chi connectivity index (χ0v) is 16.8. The second kappa shape index (κ2) is 8.61. The zero-order chi connectivity index (χ0) is 21.1. The van der Waals surface area contributed by atoms with Gasteiger partial charge in [0.2, 0.25) is 12.3 Å². The number of rotatable bonds is 6. The molecule has 158 valence electrons. The van der Waals surface area contributed by atoms with Crippen LogP contribution in [0.4, 0.5) is 14.6 Å². The minimum absolute atomic E-state index is 0.0914. The topological polar surface area (TPSA) is 88.2 Å². The first-order valence-corrected chi connectivity index (χ1v) is 9.92. The zero-order valence-electron chi connectivity index (χ0n) is 16.0. The van der Waals surface area contributed by atoms with Gasteiger partial charge in [0, 0.05) is 23.5 Å². The van der Waals surface area contributed by atoms with Crippen molar-refractivity contribution < 1.29 is 18.3 Å². The number of anilines is 1. The highest BCUT2D eigenvalue weighted by Gasteiger charge is 2.43. The highest BCUT2D eigenvalue weighted by Crippen LogP contribution is 2.42. The van der Waals surface area contributed by atoms with Crippen molar-refractivity contribution in [3.63, 3.8) is 0 Å². The lowest BCUT2D eigenvalue weighted by Gasteiger charge is -2.41. The van der Waals surface area contributed by atoms with Gasteiger partial charge < -0.3 is 14.4 Å². The van der Waals surface area contributed by atoms with E-state index in [4.69, 9.17) is 21.1 Å². The van der Waals surface area contributed by atoms with Crippen LogP contribution in [0.1, 0.15) is 24.3 Å². The summed E-state index contributed by atoms with van der Waals surface area (Å²) < 4.78 is 33.4. The van der Waals surface area contributed by atoms with Crippen molar-refractivity contribution in [1.29, 1.82) is 0 Å². The number of hydrogen-bond donors (Lipinski definition) is 1. The summed E-state index contributed by atoms with van der Waals surface area (Å²) in [6, 6.07) is 10.6. The minimum Gasteiger partial charge on any atom is -0.417 e. The molecule has 0 spiro atoms. The molecule has 0 aliphatic carbocycles. The predicted octanol–water partition coefficient (Wildman–Crippen LogP) is 3.77. The second-order valence-corrected chi connectivity index (χ2v) is 7.76. The molecule has 1 saturated heterocycles. The fourth-order valence-corrected chi connectivity index (χ4v) is 3.91. The molecule has 0 saturated carbocycles. The molecule has 30 heavy (non-hydrogen) atoms. The summed E-state index contributed by atoms with van der Waals surface area (Å²) in [5, 5.41) is 25.3. The molecule has 1 fully saturated rings. The van der Waals surface area contributed by atoms with Crippen LogP contribution >= 0.6 is 11.6 Å². The number of piperidine rings is 1. The number of alkyl halides is 2. The summed E-state index contributed by atoms with van der Waals surface area (Å²) in [5.41, 5.74) is 0.0155. The average Bonchev–Trinajstić information content (AvgIpc) is 3.25. The van der Waals surface area contributed by atoms with Gasteiger partial charge >= 0.3 is 0 Å². The van der Waals surface area contributed by atoms with Crippen LogP contribution < -0.4 is 4.90 Å². The molecule has 0 unspecified atom stereocenters. The molecule has 0 radical (unpaired) electrons. The van der Waals surface area contributed by atoms with Crippen molar-refractivity contribution in [2.75, 3.05) is 18.0 Å². The predicted molar refractivity (Wildman–Crippen MR) is 106 cm³/mol. The molecule has 3 aromatic rings. The van der Waals surface area contributed by atoms with E-state index in [-0.39, 0.29) is 24.8 Å². The molecule has 1 N–H and O–H groups in total. The first kappa shape index (κ1) is 20.6. The van der Waals surface area contributed by atoms with Crippen molar-refractivity contribution in [2.24, 2.45) is 5.41 Å². The van der Waals surface area contributed by atoms with Crippen LogP contribution in [0.2, 0.25) is 5.02 Å². The Hall–Kier alpha value is -2.65. The quantitative estimate of drug-likeness (QED) is 0.630. The number of halogens is 3. The van der Waals surface area contributed by atoms with Crippen LogP contribution in [0, 0.1) is 5.41 Å². The van der Waals surface area contributed by atoms with E-state index in [2.05, 4.69) is 20.4 Å². The molecule has 2 aromatic heterocycles. The lowest BCUT2D eigenvalue weighted by molar-refractivity contribution is -0.0225. The van der Waals surface area contributed by atoms with Crippen LogP contribution in [0.5, 0.6) is 0 Å². The maximum absolute atomic E-state index is 14.1. The van der Waals surface area contributed by atoms with E-state index in [9.17, 15) is 8.78 Å². The Balaban J connectivity index is 1.45. The summed E-state index contributed by atoms with van der Waals surface area (Å²) in [6.45, 7) is 0.530. The smallest absolute Gasteiger partial charge is 0.268 e. The van der Waals surface area contributed by atoms with E-state index >= 15 is 0 Å². The molecule has 0 amide bonds. The van der Waals surface area contributed by atoms with Gasteiger partial charge in [-0.2, -0.15) is 0 Å². The summed E-state index contributed by atoms with van der Waals surface area (Å²) >= 11 is 6.21. The lowest BCUT2D eigenvalue weighted by Crippen LogP contribution is -2.45. The van der Waals surface area contributed by atoms with Gasteiger partial charge in [0.15, 0.2) is 5.82 Å². The Morgan fingerprint density at radius 2 is 1.83 bits per heavy atom. The summed E-state index contributed by atoms with van der Waals surface area (Å²) in [4.78, 5) is 1.94. The molecular weight excluding hydrogens is 416 g/mol. The molecule has 3 heterocycles. The molecule has 0 bridgehead atoms. The van der Waals surface area contributed by atoms with E-state index in [1.807, 2.05) is 17.0 Å². The summed E-state index contributed by atoms with van der Waals surface area (Å²) in [7, 11) is 0. The van der Waals surface area contributed by atoms with Crippen LogP contribution in [-0.4, -0.2) is 45.0 Å². The molecule has 1 aliphatic rings. The lowest BCUT2D eigenvalue weighted by atomic mass is 9.74. The molecule has 7 nitrogen and oxygen atoms in total. The van der Waals surface area contributed by atoms with Crippen molar-refractivity contribution in [2.45, 2.75) is 32.3 Å². The maximum atomic E-state index is 14.1. The number of aliphatic hydroxyl groups is 1. The average molecular weight is 436 g/mol. The van der Waals surface area contributed by atoms with Crippen molar-refractivity contribution in [1.82, 2.24) is 20.4 Å². The molecule has 1 aromatic carbocycles. The van der Waals surface area contributed by atoms with Crippen LogP contribution in [-0.2, 0) is 13.0 Å². The van der Waals surface area contributed by atoms with Crippen LogP contribution in [0.25, 0.3) is 11.6 Å². The van der Waals surface area contributed by atoms with E-state index in [1.165, 1.54) is 0 Å². The summed E-state index contributed by atoms with van der Waals surface area (Å²) in [5.74, 6) is 0.850. The molecule has 1 aliphatic heterocycles. The number of nitrogens with zero attached hydrogens (tertiary/aromatic N) is 5. The Labute approximate surface area is 176 Å². The third-order valence-electron chi connectivity index (χ3n) is 5.52. The van der Waals surface area contributed by atoms with Crippen molar-refractivity contribution in [3.05, 3.63) is 52.9 Å². The van der Waals surface area contributed by atoms with Gasteiger partial charge in [-0.1, -0.05) is 29.8 Å². The van der Waals surface area contributed by atoms with Gasteiger partial charge in [-0.3, -0.25) is 0 Å². The van der Waals surface area contributed by atoms with Gasteiger partial charge in [-0.25, -0.2) is 8.78 Å². The number of aromatic nitrogens is 4. The van der Waals surface area contributed by atoms with Crippen LogP contribution in [0.3, 0.4) is 0 Å². The van der Waals surface area contributed by atoms with Gasteiger partial charge in [-0.05, 0) is 43.0 Å². The third kappa shape index (κ3) is 4.13. The summed E-state index contributed by atoms with van der Waals surface area (Å²) in [6.07, 6.45) is -1.55. The Kier molecular flexibility index (Phi) is 5.92. The molecule has 10 heteroatoms. The first-order valence-electron chi connectivity index (χ1n) is 9.54. The standard InChI is InChI=1S/C20H20ClF2N5O2/c21-14-4-2-1-3-13(14)11-20(19(22)23)7-9-28(10-8-20)16-6-5-15(24-25-16)18-27-26-17(12-29)30-18/h1-6,19,29H,7-12H2. The van der Waals surface area contributed by atoms with Crippen molar-refractivity contribution in [3.8, 4) is 11.6 Å². The highest BCUT2D eigenvalue weighted by atomic mass is 35.5. The fourth-order valence-electron chi connectivity index (χ4n) is 3.70. The van der Waals surface area contributed by atoms with Crippen LogP contribution in [0.15, 0.2) is 40.8 Å². The Bertz CT molecular complexity index is 991. The normalized spacial score (nSPS) is 16.2. The largest absolute Gasteiger partial charge is 0.417 e. The van der Waals surface area contributed by atoms with Gasteiger partial charge in [-0.15, -0.1) is 20.4 Å². The highest BCUT2D eigenvalue weighted by molar-refractivity contribution is 6.31. The first-order chi connectivity index (χ1) is 14.5. The minimum atomic E-state index is -2.44. The molecule has 0 atom stereocenters. The monoisotopic (exact) mass is 435 g/mol. The fraction of sp³-hybridized carbons (Fsp3) is 0.400. The Morgan fingerprint density at radius 3 is 2.43 bits per heavy atom. The van der Waals surface area contributed by atoms with Gasteiger partial charge in [0.25, 0.3) is 5.89 Å². The molecular formula is C20H20ClF2N5O2. The van der Waals surface area contributed by atoms with E-state index < -0.39 is 11.8 Å². The van der Waals surface area contributed by atoms with E-state index in [0.717, 1.165) is 5.56 Å². The number of aliphatic hydroxyl groups excluding tert-OH is 1. The van der Waals surface area contributed by atoms with Crippen molar-refractivity contribution >= 4 is 17.4 Å². The number of benzene rings is 1. The van der Waals surface area contributed by atoms with E-state index in [0.29, 0.717) is 42.5 Å². The SMILES string of the molecule is OCc1nnc(-c2ccc(N3CCC(Cc4ccccc4Cl)(C(F)F)CC3)nn2)o1. The number of hydrogen-bond acceptors (Lipinski definition) is 7. The van der Waals surface area contributed by atoms with E-state index in [1.54, 1.807) is 24.3 Å². The third-order valence-corrected chi connectivity index (χ3v) is 5.89. The van der Waals surface area contributed by atoms with Gasteiger partial charge in [0.1, 0.15) is 12.3 Å². The maximum Gasteiger partial charge on any atom is 0.268 e. The Morgan fingerprint density at radius 1 is 1.07 bits per heavy atom.